The number of rotatable bonds is 5. The smallest absolute Gasteiger partial charge is 0.265 e. The highest BCUT2D eigenvalue weighted by atomic mass is 79.9. The van der Waals surface area contributed by atoms with Crippen LogP contribution in [0.2, 0.25) is 0 Å². The highest BCUT2D eigenvalue weighted by molar-refractivity contribution is 9.10. The first-order valence-corrected chi connectivity index (χ1v) is 11.0. The molecule has 0 aliphatic carbocycles. The molecule has 6 nitrogen and oxygen atoms in total. The number of hydrogen-bond donors (Lipinski definition) is 1. The standard InChI is InChI=1S/C19H22BrFN2O4S/c1-12-10-23(11-13(2)27-12)17-6-5-15(9-16(17)21)22-28(24,25)19-8-14(20)4-7-18(19)26-3/h4-9,12-13,22H,10-11H2,1-3H3/t12-,13+. The van der Waals surface area contributed by atoms with Crippen molar-refractivity contribution in [1.82, 2.24) is 0 Å². The molecule has 2 aromatic rings. The number of methoxy groups -OCH3 is 1. The van der Waals surface area contributed by atoms with Crippen molar-refractivity contribution in [2.75, 3.05) is 29.8 Å². The van der Waals surface area contributed by atoms with Gasteiger partial charge in [-0.05, 0) is 44.2 Å². The Balaban J connectivity index is 1.86. The van der Waals surface area contributed by atoms with Gasteiger partial charge < -0.3 is 14.4 Å². The van der Waals surface area contributed by atoms with E-state index in [1.165, 1.54) is 19.2 Å². The van der Waals surface area contributed by atoms with Gasteiger partial charge in [0, 0.05) is 23.6 Å². The highest BCUT2D eigenvalue weighted by Gasteiger charge is 2.25. The van der Waals surface area contributed by atoms with E-state index in [9.17, 15) is 12.8 Å². The van der Waals surface area contributed by atoms with Crippen molar-refractivity contribution in [2.45, 2.75) is 31.0 Å². The first-order valence-electron chi connectivity index (χ1n) is 8.76. The molecule has 1 saturated heterocycles. The number of hydrogen-bond acceptors (Lipinski definition) is 5. The van der Waals surface area contributed by atoms with E-state index in [0.29, 0.717) is 23.2 Å². The Morgan fingerprint density at radius 1 is 1.18 bits per heavy atom. The third kappa shape index (κ3) is 4.59. The molecule has 0 unspecified atom stereocenters. The SMILES string of the molecule is COc1ccc(Br)cc1S(=O)(=O)Nc1ccc(N2C[C@@H](C)O[C@@H](C)C2)c(F)c1. The van der Waals surface area contributed by atoms with Crippen molar-refractivity contribution in [3.8, 4) is 5.75 Å². The van der Waals surface area contributed by atoms with Crippen molar-refractivity contribution >= 4 is 37.3 Å². The Kier molecular flexibility index (Phi) is 6.16. The number of benzene rings is 2. The molecule has 28 heavy (non-hydrogen) atoms. The molecule has 3 rings (SSSR count). The highest BCUT2D eigenvalue weighted by Crippen LogP contribution is 2.31. The molecule has 0 saturated carbocycles. The van der Waals surface area contributed by atoms with Gasteiger partial charge in [0.05, 0.1) is 30.7 Å². The zero-order valence-electron chi connectivity index (χ0n) is 15.8. The van der Waals surface area contributed by atoms with Crippen LogP contribution in [0, 0.1) is 5.82 Å². The van der Waals surface area contributed by atoms with E-state index in [0.717, 1.165) is 0 Å². The van der Waals surface area contributed by atoms with Crippen molar-refractivity contribution in [1.29, 1.82) is 0 Å². The normalized spacial score (nSPS) is 20.1. The number of halogens is 2. The maximum absolute atomic E-state index is 14.7. The lowest BCUT2D eigenvalue weighted by Crippen LogP contribution is -2.45. The number of ether oxygens (including phenoxy) is 2. The van der Waals surface area contributed by atoms with Gasteiger partial charge in [0.1, 0.15) is 16.5 Å². The van der Waals surface area contributed by atoms with Gasteiger partial charge in [-0.2, -0.15) is 0 Å². The van der Waals surface area contributed by atoms with Gasteiger partial charge in [0.15, 0.2) is 0 Å². The molecule has 0 radical (unpaired) electrons. The number of nitrogens with zero attached hydrogens (tertiary/aromatic N) is 1. The number of nitrogens with one attached hydrogen (secondary N) is 1. The van der Waals surface area contributed by atoms with E-state index < -0.39 is 15.8 Å². The van der Waals surface area contributed by atoms with Crippen LogP contribution in [-0.2, 0) is 14.8 Å². The van der Waals surface area contributed by atoms with Crippen LogP contribution >= 0.6 is 15.9 Å². The Morgan fingerprint density at radius 2 is 1.86 bits per heavy atom. The van der Waals surface area contributed by atoms with E-state index in [1.807, 2.05) is 18.7 Å². The Bertz CT molecular complexity index is 960. The first-order chi connectivity index (χ1) is 13.2. The molecule has 0 bridgehead atoms. The summed E-state index contributed by atoms with van der Waals surface area (Å²) in [5.74, 6) is -0.299. The van der Waals surface area contributed by atoms with Gasteiger partial charge in [-0.15, -0.1) is 0 Å². The molecule has 1 aliphatic heterocycles. The van der Waals surface area contributed by atoms with E-state index >= 15 is 0 Å². The molecule has 1 fully saturated rings. The van der Waals surface area contributed by atoms with Crippen LogP contribution in [-0.4, -0.2) is 40.8 Å². The summed E-state index contributed by atoms with van der Waals surface area (Å²) in [7, 11) is -2.57. The molecule has 0 amide bonds. The summed E-state index contributed by atoms with van der Waals surface area (Å²) < 4.78 is 54.1. The third-order valence-corrected chi connectivity index (χ3v) is 6.27. The van der Waals surface area contributed by atoms with Crippen LogP contribution in [0.25, 0.3) is 0 Å². The maximum Gasteiger partial charge on any atom is 0.265 e. The Labute approximate surface area is 172 Å². The molecular weight excluding hydrogens is 451 g/mol. The quantitative estimate of drug-likeness (QED) is 0.711. The van der Waals surface area contributed by atoms with Crippen LogP contribution in [0.1, 0.15) is 13.8 Å². The summed E-state index contributed by atoms with van der Waals surface area (Å²) in [4.78, 5) is 1.87. The van der Waals surface area contributed by atoms with E-state index in [-0.39, 0.29) is 28.5 Å². The van der Waals surface area contributed by atoms with Crippen LogP contribution in [0.4, 0.5) is 15.8 Å². The fraction of sp³-hybridized carbons (Fsp3) is 0.368. The second-order valence-electron chi connectivity index (χ2n) is 6.73. The zero-order chi connectivity index (χ0) is 20.5. The molecule has 2 aromatic carbocycles. The number of anilines is 2. The second kappa shape index (κ2) is 8.26. The second-order valence-corrected chi connectivity index (χ2v) is 9.30. The topological polar surface area (TPSA) is 67.9 Å². The van der Waals surface area contributed by atoms with Crippen molar-refractivity contribution in [2.24, 2.45) is 0 Å². The largest absolute Gasteiger partial charge is 0.495 e. The molecule has 0 spiro atoms. The van der Waals surface area contributed by atoms with Crippen LogP contribution in [0.15, 0.2) is 45.8 Å². The van der Waals surface area contributed by atoms with Crippen LogP contribution in [0.3, 0.4) is 0 Å². The fourth-order valence-electron chi connectivity index (χ4n) is 3.27. The van der Waals surface area contributed by atoms with Crippen molar-refractivity contribution in [3.05, 3.63) is 46.7 Å². The molecule has 1 aliphatic rings. The minimum absolute atomic E-state index is 0.00896. The van der Waals surface area contributed by atoms with Crippen LogP contribution in [0.5, 0.6) is 5.75 Å². The lowest BCUT2D eigenvalue weighted by atomic mass is 10.2. The summed E-state index contributed by atoms with van der Waals surface area (Å²) in [6.07, 6.45) is -0.0179. The van der Waals surface area contributed by atoms with Crippen molar-refractivity contribution < 1.29 is 22.3 Å². The van der Waals surface area contributed by atoms with Gasteiger partial charge in [-0.3, -0.25) is 4.72 Å². The molecule has 0 aromatic heterocycles. The molecule has 152 valence electrons. The maximum atomic E-state index is 14.7. The Morgan fingerprint density at radius 3 is 2.46 bits per heavy atom. The fourth-order valence-corrected chi connectivity index (χ4v) is 5.03. The minimum atomic E-state index is -3.96. The molecule has 1 heterocycles. The predicted molar refractivity (Wildman–Crippen MR) is 110 cm³/mol. The van der Waals surface area contributed by atoms with Crippen molar-refractivity contribution in [3.63, 3.8) is 0 Å². The van der Waals surface area contributed by atoms with Gasteiger partial charge in [0.2, 0.25) is 0 Å². The molecular formula is C19H22BrFN2O4S. The predicted octanol–water partition coefficient (Wildman–Crippen LogP) is 4.01. The van der Waals surface area contributed by atoms with E-state index in [2.05, 4.69) is 20.7 Å². The molecule has 9 heteroatoms. The van der Waals surface area contributed by atoms with Gasteiger partial charge in [-0.25, -0.2) is 12.8 Å². The summed E-state index contributed by atoms with van der Waals surface area (Å²) in [6.45, 7) is 5.02. The monoisotopic (exact) mass is 472 g/mol. The lowest BCUT2D eigenvalue weighted by Gasteiger charge is -2.37. The first kappa shape index (κ1) is 20.9. The summed E-state index contributed by atoms with van der Waals surface area (Å²) in [5.41, 5.74) is 0.558. The zero-order valence-corrected chi connectivity index (χ0v) is 18.2. The average molecular weight is 473 g/mol. The summed E-state index contributed by atoms with van der Waals surface area (Å²) in [6, 6.07) is 8.96. The molecule has 2 atom stereocenters. The van der Waals surface area contributed by atoms with E-state index in [1.54, 1.807) is 24.3 Å². The lowest BCUT2D eigenvalue weighted by molar-refractivity contribution is -0.00539. The number of sulfonamides is 1. The average Bonchev–Trinajstić information content (AvgIpc) is 2.60. The van der Waals surface area contributed by atoms with Gasteiger partial charge in [0.25, 0.3) is 10.0 Å². The molecule has 1 N–H and O–H groups in total. The number of morpholine rings is 1. The van der Waals surface area contributed by atoms with Crippen LogP contribution < -0.4 is 14.4 Å². The minimum Gasteiger partial charge on any atom is -0.495 e. The summed E-state index contributed by atoms with van der Waals surface area (Å²) >= 11 is 3.25. The van der Waals surface area contributed by atoms with E-state index in [4.69, 9.17) is 9.47 Å². The van der Waals surface area contributed by atoms with Gasteiger partial charge >= 0.3 is 0 Å². The summed E-state index contributed by atoms with van der Waals surface area (Å²) in [5, 5.41) is 0. The third-order valence-electron chi connectivity index (χ3n) is 4.38. The Hall–Kier alpha value is -1.84. The van der Waals surface area contributed by atoms with Gasteiger partial charge in [-0.1, -0.05) is 15.9 Å².